The number of rotatable bonds is 5. The molecule has 1 atom stereocenters. The highest BCUT2D eigenvalue weighted by Gasteiger charge is 2.64. The third-order valence-corrected chi connectivity index (χ3v) is 3.99. The van der Waals surface area contributed by atoms with E-state index in [1.807, 2.05) is 0 Å². The van der Waals surface area contributed by atoms with Gasteiger partial charge in [0.25, 0.3) is 0 Å². The number of hydrogen-bond donors (Lipinski definition) is 2. The van der Waals surface area contributed by atoms with Gasteiger partial charge in [-0.05, 0) is 10.8 Å². The zero-order valence-electron chi connectivity index (χ0n) is 10.1. The minimum atomic E-state index is 0.104. The minimum Gasteiger partial charge on any atom is -0.383 e. The molecule has 0 aromatic heterocycles. The Morgan fingerprint density at radius 1 is 1.29 bits per heavy atom. The molecule has 1 rings (SSSR count). The summed E-state index contributed by atoms with van der Waals surface area (Å²) in [5.74, 6) is 0. The van der Waals surface area contributed by atoms with Crippen LogP contribution < -0.4 is 11.1 Å². The molecule has 3 N–H and O–H groups in total. The molecule has 1 fully saturated rings. The lowest BCUT2D eigenvalue weighted by atomic mass is 10.0. The lowest BCUT2D eigenvalue weighted by molar-refractivity contribution is 0.178. The molecule has 3 heteroatoms. The van der Waals surface area contributed by atoms with Crippen LogP contribution in [0.25, 0.3) is 0 Å². The van der Waals surface area contributed by atoms with Gasteiger partial charge in [0.1, 0.15) is 0 Å². The van der Waals surface area contributed by atoms with Crippen molar-refractivity contribution in [2.75, 3.05) is 20.3 Å². The first-order valence-electron chi connectivity index (χ1n) is 5.32. The van der Waals surface area contributed by atoms with E-state index in [0.29, 0.717) is 23.5 Å². The SMILES string of the molecule is COCC(N)CNC1C(C)(C)C1(C)C. The Morgan fingerprint density at radius 3 is 2.14 bits per heavy atom. The van der Waals surface area contributed by atoms with E-state index < -0.39 is 0 Å². The topological polar surface area (TPSA) is 47.3 Å². The Morgan fingerprint density at radius 2 is 1.79 bits per heavy atom. The highest BCUT2D eigenvalue weighted by atomic mass is 16.5. The van der Waals surface area contributed by atoms with E-state index in [0.717, 1.165) is 6.54 Å². The summed E-state index contributed by atoms with van der Waals surface area (Å²) in [5, 5.41) is 3.52. The first-order chi connectivity index (χ1) is 6.34. The summed E-state index contributed by atoms with van der Waals surface area (Å²) in [6.07, 6.45) is 0. The van der Waals surface area contributed by atoms with Gasteiger partial charge in [-0.2, -0.15) is 0 Å². The molecule has 0 saturated heterocycles. The largest absolute Gasteiger partial charge is 0.383 e. The first-order valence-corrected chi connectivity index (χ1v) is 5.32. The molecule has 1 unspecified atom stereocenters. The van der Waals surface area contributed by atoms with E-state index in [9.17, 15) is 0 Å². The lowest BCUT2D eigenvalue weighted by Crippen LogP contribution is -2.39. The average Bonchev–Trinajstić information content (AvgIpc) is 2.41. The molecule has 0 heterocycles. The van der Waals surface area contributed by atoms with Crippen molar-refractivity contribution in [1.29, 1.82) is 0 Å². The molecule has 0 bridgehead atoms. The van der Waals surface area contributed by atoms with Gasteiger partial charge in [0, 0.05) is 25.7 Å². The molecule has 0 amide bonds. The van der Waals surface area contributed by atoms with Crippen molar-refractivity contribution in [3.8, 4) is 0 Å². The van der Waals surface area contributed by atoms with E-state index in [1.54, 1.807) is 7.11 Å². The molecular formula is C11H24N2O. The van der Waals surface area contributed by atoms with Gasteiger partial charge in [-0.3, -0.25) is 0 Å². The summed E-state index contributed by atoms with van der Waals surface area (Å²) >= 11 is 0. The van der Waals surface area contributed by atoms with Crippen LogP contribution in [-0.4, -0.2) is 32.3 Å². The summed E-state index contributed by atoms with van der Waals surface area (Å²) in [4.78, 5) is 0. The van der Waals surface area contributed by atoms with Crippen molar-refractivity contribution in [1.82, 2.24) is 5.32 Å². The molecule has 84 valence electrons. The number of nitrogens with two attached hydrogens (primary N) is 1. The van der Waals surface area contributed by atoms with Crippen LogP contribution in [0.2, 0.25) is 0 Å². The molecule has 0 aromatic rings. The minimum absolute atomic E-state index is 0.104. The van der Waals surface area contributed by atoms with Gasteiger partial charge < -0.3 is 15.8 Å². The van der Waals surface area contributed by atoms with Gasteiger partial charge >= 0.3 is 0 Å². The van der Waals surface area contributed by atoms with E-state index in [2.05, 4.69) is 33.0 Å². The van der Waals surface area contributed by atoms with Gasteiger partial charge in [0.2, 0.25) is 0 Å². The van der Waals surface area contributed by atoms with E-state index in [1.165, 1.54) is 0 Å². The monoisotopic (exact) mass is 200 g/mol. The quantitative estimate of drug-likeness (QED) is 0.695. The molecule has 0 aromatic carbocycles. The molecule has 0 aliphatic heterocycles. The van der Waals surface area contributed by atoms with Gasteiger partial charge in [-0.1, -0.05) is 27.7 Å². The van der Waals surface area contributed by atoms with Crippen molar-refractivity contribution < 1.29 is 4.74 Å². The molecule has 14 heavy (non-hydrogen) atoms. The van der Waals surface area contributed by atoms with E-state index in [-0.39, 0.29) is 6.04 Å². The Bertz CT molecular complexity index is 187. The predicted octanol–water partition coefficient (Wildman–Crippen LogP) is 0.984. The van der Waals surface area contributed by atoms with Crippen LogP contribution in [0.3, 0.4) is 0 Å². The predicted molar refractivity (Wildman–Crippen MR) is 59.2 cm³/mol. The lowest BCUT2D eigenvalue weighted by Gasteiger charge is -2.12. The van der Waals surface area contributed by atoms with Gasteiger partial charge in [-0.25, -0.2) is 0 Å². The fourth-order valence-electron chi connectivity index (χ4n) is 2.25. The second kappa shape index (κ2) is 3.80. The van der Waals surface area contributed by atoms with Crippen LogP contribution in [0, 0.1) is 10.8 Å². The van der Waals surface area contributed by atoms with Gasteiger partial charge in [0.05, 0.1) is 6.61 Å². The zero-order chi connectivity index (χ0) is 11.0. The second-order valence-corrected chi connectivity index (χ2v) is 5.50. The smallest absolute Gasteiger partial charge is 0.0626 e. The summed E-state index contributed by atoms with van der Waals surface area (Å²) in [6.45, 7) is 10.7. The van der Waals surface area contributed by atoms with Crippen molar-refractivity contribution in [3.63, 3.8) is 0 Å². The van der Waals surface area contributed by atoms with Crippen molar-refractivity contribution in [2.24, 2.45) is 16.6 Å². The Kier molecular flexibility index (Phi) is 3.24. The van der Waals surface area contributed by atoms with Crippen LogP contribution in [0.1, 0.15) is 27.7 Å². The summed E-state index contributed by atoms with van der Waals surface area (Å²) in [6, 6.07) is 0.685. The third-order valence-electron chi connectivity index (χ3n) is 3.99. The van der Waals surface area contributed by atoms with E-state index in [4.69, 9.17) is 10.5 Å². The van der Waals surface area contributed by atoms with Crippen molar-refractivity contribution in [2.45, 2.75) is 39.8 Å². The summed E-state index contributed by atoms with van der Waals surface area (Å²) in [7, 11) is 1.69. The van der Waals surface area contributed by atoms with Gasteiger partial charge in [0.15, 0.2) is 0 Å². The zero-order valence-corrected chi connectivity index (χ0v) is 10.1. The molecule has 1 aliphatic carbocycles. The number of hydrogen-bond acceptors (Lipinski definition) is 3. The van der Waals surface area contributed by atoms with E-state index >= 15 is 0 Å². The number of methoxy groups -OCH3 is 1. The Balaban J connectivity index is 2.28. The second-order valence-electron chi connectivity index (χ2n) is 5.50. The summed E-state index contributed by atoms with van der Waals surface area (Å²) < 4.78 is 5.00. The fraction of sp³-hybridized carbons (Fsp3) is 1.00. The maximum Gasteiger partial charge on any atom is 0.0626 e. The Hall–Kier alpha value is -0.120. The average molecular weight is 200 g/mol. The summed E-state index contributed by atoms with van der Waals surface area (Å²) in [5.41, 5.74) is 6.63. The molecule has 1 saturated carbocycles. The normalized spacial score (nSPS) is 26.1. The fourth-order valence-corrected chi connectivity index (χ4v) is 2.25. The standard InChI is InChI=1S/C11H24N2O/c1-10(2)9(11(10,3)4)13-6-8(12)7-14-5/h8-9,13H,6-7,12H2,1-5H3. The maximum atomic E-state index is 5.85. The van der Waals surface area contributed by atoms with Gasteiger partial charge in [-0.15, -0.1) is 0 Å². The third kappa shape index (κ3) is 1.95. The van der Waals surface area contributed by atoms with Crippen LogP contribution in [0.15, 0.2) is 0 Å². The number of nitrogens with one attached hydrogen (secondary N) is 1. The van der Waals surface area contributed by atoms with Crippen LogP contribution in [0.4, 0.5) is 0 Å². The van der Waals surface area contributed by atoms with Crippen molar-refractivity contribution in [3.05, 3.63) is 0 Å². The van der Waals surface area contributed by atoms with Crippen LogP contribution >= 0.6 is 0 Å². The molecule has 3 nitrogen and oxygen atoms in total. The Labute approximate surface area is 87.4 Å². The molecule has 0 spiro atoms. The maximum absolute atomic E-state index is 5.85. The highest BCUT2D eigenvalue weighted by molar-refractivity contribution is 5.17. The first kappa shape index (κ1) is 12.0. The number of ether oxygens (including phenoxy) is 1. The molecule has 1 aliphatic rings. The molecule has 0 radical (unpaired) electrons. The van der Waals surface area contributed by atoms with Crippen LogP contribution in [0.5, 0.6) is 0 Å². The highest BCUT2D eigenvalue weighted by Crippen LogP contribution is 2.62. The molecular weight excluding hydrogens is 176 g/mol. The van der Waals surface area contributed by atoms with Crippen molar-refractivity contribution >= 4 is 0 Å². The van der Waals surface area contributed by atoms with Crippen LogP contribution in [-0.2, 0) is 4.74 Å².